The monoisotopic (exact) mass is 278 g/mol. The molecule has 0 bridgehead atoms. The van der Waals surface area contributed by atoms with Crippen LogP contribution in [0, 0.1) is 0 Å². The highest BCUT2D eigenvalue weighted by Gasteiger charge is 2.33. The average molecular weight is 278 g/mol. The van der Waals surface area contributed by atoms with Crippen molar-refractivity contribution in [3.8, 4) is 5.75 Å². The molecule has 0 aliphatic rings. The van der Waals surface area contributed by atoms with E-state index in [1.165, 1.54) is 36.4 Å². The molecule has 0 spiro atoms. The van der Waals surface area contributed by atoms with Crippen molar-refractivity contribution in [2.45, 2.75) is 5.92 Å². The number of benzene rings is 2. The second-order valence-electron chi connectivity index (χ2n) is 4.27. The minimum atomic E-state index is -3.16. The predicted octanol–water partition coefficient (Wildman–Crippen LogP) is 1.54. The fourth-order valence-corrected chi connectivity index (χ4v) is 1.76. The predicted molar refractivity (Wildman–Crippen MR) is 72.1 cm³/mol. The normalized spacial score (nSPS) is 11.2. The Balaban J connectivity index is 2.13. The third-order valence-electron chi connectivity index (χ3n) is 2.80. The van der Waals surface area contributed by atoms with Gasteiger partial charge in [0.2, 0.25) is 0 Å². The van der Waals surface area contributed by atoms with E-state index in [1.54, 1.807) is 18.2 Å². The van der Waals surface area contributed by atoms with Crippen molar-refractivity contribution in [2.75, 3.05) is 6.61 Å². The number of rotatable bonds is 5. The van der Waals surface area contributed by atoms with Crippen LogP contribution in [0.2, 0.25) is 0 Å². The molecule has 0 aliphatic heterocycles. The van der Waals surface area contributed by atoms with Crippen LogP contribution in [0.1, 0.15) is 5.56 Å². The van der Waals surface area contributed by atoms with E-state index in [4.69, 9.17) is 14.8 Å². The Hall–Kier alpha value is -1.92. The second-order valence-corrected chi connectivity index (χ2v) is 4.27. The summed E-state index contributed by atoms with van der Waals surface area (Å²) in [5.41, 5.74) is -0.0987. The summed E-state index contributed by atoms with van der Waals surface area (Å²) in [5, 5.41) is 18.3. The van der Waals surface area contributed by atoms with Gasteiger partial charge in [-0.3, -0.25) is 0 Å². The van der Waals surface area contributed by atoms with E-state index in [0.29, 0.717) is 0 Å². The zero-order chi connectivity index (χ0) is 14.6. The van der Waals surface area contributed by atoms with Gasteiger partial charge in [-0.05, 0) is 6.07 Å². The van der Waals surface area contributed by atoms with Crippen LogP contribution in [0.4, 0.5) is 8.78 Å². The summed E-state index contributed by atoms with van der Waals surface area (Å²) >= 11 is 0. The summed E-state index contributed by atoms with van der Waals surface area (Å²) in [6.07, 6.45) is 0. The van der Waals surface area contributed by atoms with Crippen LogP contribution in [-0.2, 0) is 5.92 Å². The Labute approximate surface area is 115 Å². The quantitative estimate of drug-likeness (QED) is 0.816. The smallest absolute Gasteiger partial charge is 0.487 e. The van der Waals surface area contributed by atoms with Gasteiger partial charge in [-0.25, -0.2) is 0 Å². The van der Waals surface area contributed by atoms with Crippen LogP contribution < -0.4 is 10.2 Å². The molecule has 0 radical (unpaired) electrons. The summed E-state index contributed by atoms with van der Waals surface area (Å²) in [7, 11) is -1.77. The van der Waals surface area contributed by atoms with Crippen LogP contribution in [0.25, 0.3) is 0 Å². The Morgan fingerprint density at radius 1 is 0.950 bits per heavy atom. The van der Waals surface area contributed by atoms with E-state index in [2.05, 4.69) is 0 Å². The van der Waals surface area contributed by atoms with E-state index >= 15 is 0 Å². The average Bonchev–Trinajstić information content (AvgIpc) is 2.46. The molecule has 20 heavy (non-hydrogen) atoms. The second kappa shape index (κ2) is 6.03. The molecular formula is C14H13BF2O3. The summed E-state index contributed by atoms with van der Waals surface area (Å²) in [4.78, 5) is 0. The van der Waals surface area contributed by atoms with Crippen molar-refractivity contribution in [2.24, 2.45) is 0 Å². The van der Waals surface area contributed by atoms with Crippen molar-refractivity contribution in [1.82, 2.24) is 0 Å². The molecule has 3 nitrogen and oxygen atoms in total. The molecule has 0 amide bonds. The maximum absolute atomic E-state index is 13.9. The zero-order valence-electron chi connectivity index (χ0n) is 10.5. The molecule has 0 saturated carbocycles. The van der Waals surface area contributed by atoms with Crippen LogP contribution in [-0.4, -0.2) is 23.8 Å². The molecule has 6 heteroatoms. The lowest BCUT2D eigenvalue weighted by molar-refractivity contribution is -0.0465. The zero-order valence-corrected chi connectivity index (χ0v) is 10.5. The third kappa shape index (κ3) is 3.34. The molecule has 2 aromatic rings. The van der Waals surface area contributed by atoms with E-state index < -0.39 is 19.6 Å². The molecule has 2 aromatic carbocycles. The Bertz CT molecular complexity index is 561. The Morgan fingerprint density at radius 3 is 2.20 bits per heavy atom. The summed E-state index contributed by atoms with van der Waals surface area (Å²) in [6, 6.07) is 13.3. The largest absolute Gasteiger partial charge is 0.492 e. The lowest BCUT2D eigenvalue weighted by atomic mass is 9.79. The van der Waals surface area contributed by atoms with E-state index in [-0.39, 0.29) is 16.8 Å². The topological polar surface area (TPSA) is 49.7 Å². The molecule has 2 rings (SSSR count). The van der Waals surface area contributed by atoms with Crippen molar-refractivity contribution in [3.63, 3.8) is 0 Å². The molecule has 0 unspecified atom stereocenters. The molecule has 0 saturated heterocycles. The first-order valence-electron chi connectivity index (χ1n) is 6.02. The van der Waals surface area contributed by atoms with Gasteiger partial charge >= 0.3 is 13.0 Å². The van der Waals surface area contributed by atoms with Crippen molar-refractivity contribution in [1.29, 1.82) is 0 Å². The minimum Gasteiger partial charge on any atom is -0.487 e. The first-order chi connectivity index (χ1) is 9.50. The van der Waals surface area contributed by atoms with Crippen molar-refractivity contribution < 1.29 is 23.6 Å². The first-order valence-corrected chi connectivity index (χ1v) is 6.02. The highest BCUT2D eigenvalue weighted by Crippen LogP contribution is 2.28. The van der Waals surface area contributed by atoms with E-state index in [1.807, 2.05) is 0 Å². The van der Waals surface area contributed by atoms with E-state index in [9.17, 15) is 8.78 Å². The fraction of sp³-hybridized carbons (Fsp3) is 0.143. The summed E-state index contributed by atoms with van der Waals surface area (Å²) in [6.45, 7) is -0.874. The number of ether oxygens (including phenoxy) is 1. The van der Waals surface area contributed by atoms with Gasteiger partial charge in [-0.1, -0.05) is 48.5 Å². The van der Waals surface area contributed by atoms with Gasteiger partial charge in [0.25, 0.3) is 0 Å². The molecule has 104 valence electrons. The fourth-order valence-electron chi connectivity index (χ4n) is 1.76. The van der Waals surface area contributed by atoms with Crippen LogP contribution in [0.3, 0.4) is 0 Å². The SMILES string of the molecule is OB(O)c1ccccc1OCC(F)(F)c1ccccc1. The van der Waals surface area contributed by atoms with Gasteiger partial charge in [0, 0.05) is 11.0 Å². The summed E-state index contributed by atoms with van der Waals surface area (Å²) in [5.74, 6) is -3.13. The lowest BCUT2D eigenvalue weighted by Crippen LogP contribution is -2.33. The Kier molecular flexibility index (Phi) is 4.37. The van der Waals surface area contributed by atoms with Crippen LogP contribution in [0.5, 0.6) is 5.75 Å². The minimum absolute atomic E-state index is 0.0260. The molecule has 0 fully saturated rings. The molecule has 2 N–H and O–H groups in total. The number of hydrogen-bond acceptors (Lipinski definition) is 3. The third-order valence-corrected chi connectivity index (χ3v) is 2.80. The highest BCUT2D eigenvalue weighted by atomic mass is 19.3. The van der Waals surface area contributed by atoms with Crippen molar-refractivity contribution in [3.05, 3.63) is 60.2 Å². The van der Waals surface area contributed by atoms with Gasteiger partial charge in [-0.2, -0.15) is 8.78 Å². The van der Waals surface area contributed by atoms with Gasteiger partial charge < -0.3 is 14.8 Å². The standard InChI is InChI=1S/C14H13BF2O3/c16-14(17,11-6-2-1-3-7-11)10-20-13-9-5-4-8-12(13)15(18)19/h1-9,18-19H,10H2. The van der Waals surface area contributed by atoms with Crippen molar-refractivity contribution >= 4 is 12.6 Å². The van der Waals surface area contributed by atoms with Gasteiger partial charge in [0.05, 0.1) is 0 Å². The maximum Gasteiger partial charge on any atom is 0.492 e. The van der Waals surface area contributed by atoms with Gasteiger partial charge in [0.1, 0.15) is 5.75 Å². The van der Waals surface area contributed by atoms with Crippen LogP contribution in [0.15, 0.2) is 54.6 Å². The number of hydrogen-bond donors (Lipinski definition) is 2. The molecule has 0 atom stereocenters. The Morgan fingerprint density at radius 2 is 1.55 bits per heavy atom. The molecule has 0 heterocycles. The number of alkyl halides is 2. The molecule has 0 aliphatic carbocycles. The molecule has 0 aromatic heterocycles. The van der Waals surface area contributed by atoms with Gasteiger partial charge in [-0.15, -0.1) is 0 Å². The van der Waals surface area contributed by atoms with E-state index in [0.717, 1.165) is 0 Å². The molecular weight excluding hydrogens is 265 g/mol. The van der Waals surface area contributed by atoms with Crippen LogP contribution >= 0.6 is 0 Å². The number of halogens is 2. The summed E-state index contributed by atoms with van der Waals surface area (Å²) < 4.78 is 32.9. The first kappa shape index (κ1) is 14.5. The number of para-hydroxylation sites is 1. The van der Waals surface area contributed by atoms with Gasteiger partial charge in [0.15, 0.2) is 6.61 Å². The highest BCUT2D eigenvalue weighted by molar-refractivity contribution is 6.59. The lowest BCUT2D eigenvalue weighted by Gasteiger charge is -2.18. The maximum atomic E-state index is 13.9.